The molecule has 0 amide bonds. The van der Waals surface area contributed by atoms with Gasteiger partial charge in [-0.15, -0.1) is 0 Å². The molecule has 6 aromatic carbocycles. The molecule has 4 nitrogen and oxygen atoms in total. The highest BCUT2D eigenvalue weighted by molar-refractivity contribution is 6.00. The van der Waals surface area contributed by atoms with Crippen molar-refractivity contribution in [1.29, 1.82) is 0 Å². The van der Waals surface area contributed by atoms with Crippen LogP contribution in [0.2, 0.25) is 0 Å². The zero-order chi connectivity index (χ0) is 34.8. The lowest BCUT2D eigenvalue weighted by Gasteiger charge is -2.35. The number of benzene rings is 6. The lowest BCUT2D eigenvalue weighted by Crippen LogP contribution is -2.33. The van der Waals surface area contributed by atoms with E-state index in [0.29, 0.717) is 0 Å². The summed E-state index contributed by atoms with van der Waals surface area (Å²) in [6.45, 7) is 17.6. The maximum absolute atomic E-state index is 2.49. The Bertz CT molecular complexity index is 1940. The number of rotatable bonds is 4. The first-order chi connectivity index (χ1) is 24.0. The van der Waals surface area contributed by atoms with Crippen molar-refractivity contribution in [2.24, 2.45) is 0 Å². The van der Waals surface area contributed by atoms with Crippen LogP contribution in [0.1, 0.15) is 44.5 Å². The third kappa shape index (κ3) is 5.32. The van der Waals surface area contributed by atoms with Crippen molar-refractivity contribution >= 4 is 45.5 Å². The summed E-state index contributed by atoms with van der Waals surface area (Å²) in [5.74, 6) is 2.16. The Kier molecular flexibility index (Phi) is 7.56. The summed E-state index contributed by atoms with van der Waals surface area (Å²) in [5.41, 5.74) is 19.0. The zero-order valence-electron chi connectivity index (χ0n) is 30.3. The van der Waals surface area contributed by atoms with Gasteiger partial charge in [0.25, 0.3) is 0 Å². The van der Waals surface area contributed by atoms with Crippen molar-refractivity contribution < 1.29 is 0 Å². The molecule has 2 aliphatic heterocycles. The van der Waals surface area contributed by atoms with E-state index in [2.05, 4.69) is 196 Å². The molecule has 2 heterocycles. The quantitative estimate of drug-likeness (QED) is 0.188. The first-order valence-corrected chi connectivity index (χ1v) is 17.5. The van der Waals surface area contributed by atoms with Gasteiger partial charge < -0.3 is 0 Å². The average Bonchev–Trinajstić information content (AvgIpc) is 3.56. The number of anilines is 8. The minimum Gasteiger partial charge on any atom is -0.291 e. The minimum absolute atomic E-state index is 1.08. The molecule has 0 aliphatic carbocycles. The highest BCUT2D eigenvalue weighted by atomic mass is 15.5. The summed E-state index contributed by atoms with van der Waals surface area (Å²) >= 11 is 0. The summed E-state index contributed by atoms with van der Waals surface area (Å²) in [6, 6.07) is 45.3. The van der Waals surface area contributed by atoms with Crippen LogP contribution < -0.4 is 19.6 Å². The normalized spacial score (nSPS) is 13.8. The van der Waals surface area contributed by atoms with Gasteiger partial charge in [0.05, 0.1) is 22.7 Å². The molecule has 0 N–H and O–H groups in total. The molecule has 8 rings (SSSR count). The highest BCUT2D eigenvalue weighted by Crippen LogP contribution is 2.57. The molecule has 0 bridgehead atoms. The molecule has 6 aromatic rings. The molecule has 50 heavy (non-hydrogen) atoms. The average molecular weight is 653 g/mol. The number of fused-ring (bicyclic) bond motifs is 2. The van der Waals surface area contributed by atoms with Crippen LogP contribution in [0, 0.1) is 55.4 Å². The third-order valence-electron chi connectivity index (χ3n) is 9.63. The Morgan fingerprint density at radius 3 is 0.620 bits per heavy atom. The van der Waals surface area contributed by atoms with E-state index in [1.165, 1.54) is 44.5 Å². The van der Waals surface area contributed by atoms with Crippen LogP contribution in [-0.4, -0.2) is 0 Å². The molecule has 2 aliphatic rings. The van der Waals surface area contributed by atoms with Crippen LogP contribution in [0.15, 0.2) is 133 Å². The lowest BCUT2D eigenvalue weighted by molar-refractivity contribution is 1.00. The second-order valence-electron chi connectivity index (χ2n) is 14.3. The number of nitrogens with zero attached hydrogens (tertiary/aromatic N) is 4. The van der Waals surface area contributed by atoms with Crippen LogP contribution in [0.4, 0.5) is 45.5 Å². The molecular formula is C46H44N4. The smallest absolute Gasteiger partial charge is 0.166 e. The monoisotopic (exact) mass is 652 g/mol. The fourth-order valence-corrected chi connectivity index (χ4v) is 8.11. The van der Waals surface area contributed by atoms with Crippen molar-refractivity contribution in [2.45, 2.75) is 55.4 Å². The van der Waals surface area contributed by atoms with E-state index in [1.54, 1.807) is 0 Å². The standard InChI is InChI=1S/C46H44N4/c1-29-17-30(2)22-37(21-29)47-41-13-9-10-14-42(41)48(38-23-31(3)18-32(4)24-38)45(47)46-49(39-25-33(5)19-34(6)26-39)43-15-11-12-16-44(43)50(46)40-27-35(7)20-36(8)28-40/h9-28H,1-8H3. The molecule has 0 spiro atoms. The topological polar surface area (TPSA) is 13.0 Å². The number of hydrogen-bond donors (Lipinski definition) is 0. The molecule has 248 valence electrons. The van der Waals surface area contributed by atoms with Gasteiger partial charge in [-0.1, -0.05) is 48.5 Å². The molecule has 0 radical (unpaired) electrons. The number of para-hydroxylation sites is 4. The molecule has 0 atom stereocenters. The van der Waals surface area contributed by atoms with Gasteiger partial charge in [-0.2, -0.15) is 0 Å². The van der Waals surface area contributed by atoms with Gasteiger partial charge >= 0.3 is 0 Å². The van der Waals surface area contributed by atoms with Gasteiger partial charge in [-0.25, -0.2) is 0 Å². The predicted octanol–water partition coefficient (Wildman–Crippen LogP) is 12.6. The predicted molar refractivity (Wildman–Crippen MR) is 212 cm³/mol. The largest absolute Gasteiger partial charge is 0.291 e. The van der Waals surface area contributed by atoms with Crippen molar-refractivity contribution in [3.05, 3.63) is 177 Å². The molecule has 0 saturated heterocycles. The van der Waals surface area contributed by atoms with Crippen molar-refractivity contribution in [2.75, 3.05) is 19.6 Å². The molecule has 4 heteroatoms. The zero-order valence-corrected chi connectivity index (χ0v) is 30.3. The Labute approximate surface area is 297 Å². The summed E-state index contributed by atoms with van der Waals surface area (Å²) in [5, 5.41) is 0. The summed E-state index contributed by atoms with van der Waals surface area (Å²) in [4.78, 5) is 9.94. The van der Waals surface area contributed by atoms with E-state index >= 15 is 0 Å². The van der Waals surface area contributed by atoms with Gasteiger partial charge in [0, 0.05) is 22.7 Å². The summed E-state index contributed by atoms with van der Waals surface area (Å²) in [6.07, 6.45) is 0. The van der Waals surface area contributed by atoms with Crippen molar-refractivity contribution in [1.82, 2.24) is 0 Å². The Hall–Kier alpha value is -5.74. The minimum atomic E-state index is 1.08. The molecule has 0 aromatic heterocycles. The van der Waals surface area contributed by atoms with Crippen LogP contribution in [0.5, 0.6) is 0 Å². The molecule has 0 unspecified atom stereocenters. The van der Waals surface area contributed by atoms with E-state index < -0.39 is 0 Å². The van der Waals surface area contributed by atoms with E-state index in [4.69, 9.17) is 0 Å². The first-order valence-electron chi connectivity index (χ1n) is 17.5. The van der Waals surface area contributed by atoms with Gasteiger partial charge in [0.15, 0.2) is 11.6 Å². The van der Waals surface area contributed by atoms with E-state index in [1.807, 2.05) is 0 Å². The van der Waals surface area contributed by atoms with Crippen LogP contribution in [0.3, 0.4) is 0 Å². The Morgan fingerprint density at radius 2 is 0.440 bits per heavy atom. The van der Waals surface area contributed by atoms with Gasteiger partial charge in [0.1, 0.15) is 0 Å². The van der Waals surface area contributed by atoms with Crippen LogP contribution in [0.25, 0.3) is 0 Å². The summed E-state index contributed by atoms with van der Waals surface area (Å²) in [7, 11) is 0. The van der Waals surface area contributed by atoms with Crippen molar-refractivity contribution in [3.63, 3.8) is 0 Å². The SMILES string of the molecule is Cc1cc(C)cc(N2C(=C3N(c4cc(C)cc(C)c4)c4ccccc4N3c3cc(C)cc(C)c3)N(c3cc(C)cc(C)c3)c3ccccc32)c1. The third-order valence-corrected chi connectivity index (χ3v) is 9.63. The fraction of sp³-hybridized carbons (Fsp3) is 0.174. The maximum atomic E-state index is 2.49. The van der Waals surface area contributed by atoms with Crippen molar-refractivity contribution in [3.8, 4) is 0 Å². The van der Waals surface area contributed by atoms with Gasteiger partial charge in [0.2, 0.25) is 0 Å². The van der Waals surface area contributed by atoms with E-state index in [9.17, 15) is 0 Å². The van der Waals surface area contributed by atoms with E-state index in [-0.39, 0.29) is 0 Å². The van der Waals surface area contributed by atoms with Gasteiger partial charge in [-0.3, -0.25) is 19.6 Å². The number of aryl methyl sites for hydroxylation is 8. The first kappa shape index (κ1) is 31.5. The molecule has 0 saturated carbocycles. The molecular weight excluding hydrogens is 609 g/mol. The Balaban J connectivity index is 1.57. The lowest BCUT2D eigenvalue weighted by atomic mass is 10.1. The van der Waals surface area contributed by atoms with Crippen LogP contribution in [-0.2, 0) is 0 Å². The highest BCUT2D eigenvalue weighted by Gasteiger charge is 2.44. The molecule has 0 fully saturated rings. The fourth-order valence-electron chi connectivity index (χ4n) is 8.11. The van der Waals surface area contributed by atoms with E-state index in [0.717, 1.165) is 57.1 Å². The Morgan fingerprint density at radius 1 is 0.260 bits per heavy atom. The second-order valence-corrected chi connectivity index (χ2v) is 14.3. The van der Waals surface area contributed by atoms with Crippen LogP contribution >= 0.6 is 0 Å². The van der Waals surface area contributed by atoms with Gasteiger partial charge in [-0.05, 0) is 173 Å². The maximum Gasteiger partial charge on any atom is 0.166 e. The second kappa shape index (κ2) is 12.0. The number of hydrogen-bond acceptors (Lipinski definition) is 4. The summed E-state index contributed by atoms with van der Waals surface area (Å²) < 4.78 is 0.